The summed E-state index contributed by atoms with van der Waals surface area (Å²) in [6, 6.07) is 8.25. The molecular weight excluding hydrogens is 382 g/mol. The molecule has 1 amide bonds. The fourth-order valence-corrected chi connectivity index (χ4v) is 2.39. The first-order valence-electron chi connectivity index (χ1n) is 8.34. The summed E-state index contributed by atoms with van der Waals surface area (Å²) in [4.78, 5) is 47.8. The van der Waals surface area contributed by atoms with Crippen LogP contribution in [0.3, 0.4) is 0 Å². The Kier molecular flexibility index (Phi) is 6.91. The van der Waals surface area contributed by atoms with Crippen molar-refractivity contribution in [2.24, 2.45) is 0 Å². The Morgan fingerprint density at radius 2 is 1.55 bits per heavy atom. The lowest BCUT2D eigenvalue weighted by Crippen LogP contribution is -2.22. The number of carbonyl (C=O) groups is 4. The number of amides is 1. The summed E-state index contributed by atoms with van der Waals surface area (Å²) in [7, 11) is 2.35. The molecule has 0 aromatic heterocycles. The van der Waals surface area contributed by atoms with Gasteiger partial charge in [0.25, 0.3) is 5.91 Å². The zero-order valence-electron chi connectivity index (χ0n) is 16.0. The molecule has 0 atom stereocenters. The molecule has 2 aromatic carbocycles. The van der Waals surface area contributed by atoms with Crippen LogP contribution in [0.2, 0.25) is 0 Å². The Labute approximate surface area is 166 Å². The number of aromatic hydroxyl groups is 1. The summed E-state index contributed by atoms with van der Waals surface area (Å²) in [5.74, 6) is -3.34. The summed E-state index contributed by atoms with van der Waals surface area (Å²) >= 11 is 0. The second kappa shape index (κ2) is 9.36. The van der Waals surface area contributed by atoms with Gasteiger partial charge in [0.05, 0.1) is 31.0 Å². The van der Waals surface area contributed by atoms with Gasteiger partial charge in [-0.3, -0.25) is 4.79 Å². The molecule has 0 heterocycles. The lowest BCUT2D eigenvalue weighted by Gasteiger charge is -2.12. The highest BCUT2D eigenvalue weighted by Gasteiger charge is 2.19. The van der Waals surface area contributed by atoms with Crippen molar-refractivity contribution in [1.29, 1.82) is 0 Å². The van der Waals surface area contributed by atoms with Crippen LogP contribution >= 0.6 is 0 Å². The van der Waals surface area contributed by atoms with Crippen molar-refractivity contribution >= 4 is 29.5 Å². The van der Waals surface area contributed by atoms with Crippen molar-refractivity contribution in [3.8, 4) is 5.75 Å². The third kappa shape index (κ3) is 5.32. The maximum absolute atomic E-state index is 12.2. The number of hydrogen-bond acceptors (Lipinski definition) is 8. The van der Waals surface area contributed by atoms with Crippen LogP contribution in [0.1, 0.15) is 36.6 Å². The third-order valence-corrected chi connectivity index (χ3v) is 3.83. The SMILES string of the molecule is COC(=O)c1ccc(C(=O)OC)c(NC(=O)COC(=O)c2ccc(C)cc2O)c1. The van der Waals surface area contributed by atoms with Gasteiger partial charge in [-0.15, -0.1) is 0 Å². The zero-order valence-corrected chi connectivity index (χ0v) is 16.0. The van der Waals surface area contributed by atoms with Gasteiger partial charge in [0.1, 0.15) is 11.3 Å². The minimum absolute atomic E-state index is 0.00370. The largest absolute Gasteiger partial charge is 0.507 e. The minimum Gasteiger partial charge on any atom is -0.507 e. The van der Waals surface area contributed by atoms with E-state index in [1.54, 1.807) is 13.0 Å². The molecule has 2 aromatic rings. The predicted molar refractivity (Wildman–Crippen MR) is 101 cm³/mol. The highest BCUT2D eigenvalue weighted by molar-refractivity contribution is 6.04. The Hall–Kier alpha value is -3.88. The normalized spacial score (nSPS) is 10.0. The van der Waals surface area contributed by atoms with Crippen molar-refractivity contribution < 1.29 is 38.5 Å². The second-order valence-electron chi connectivity index (χ2n) is 5.89. The third-order valence-electron chi connectivity index (χ3n) is 3.83. The van der Waals surface area contributed by atoms with Gasteiger partial charge in [-0.25, -0.2) is 14.4 Å². The van der Waals surface area contributed by atoms with Crippen molar-refractivity contribution in [2.45, 2.75) is 6.92 Å². The highest BCUT2D eigenvalue weighted by atomic mass is 16.5. The number of benzene rings is 2. The fourth-order valence-electron chi connectivity index (χ4n) is 2.39. The lowest BCUT2D eigenvalue weighted by molar-refractivity contribution is -0.119. The topological polar surface area (TPSA) is 128 Å². The number of nitrogens with one attached hydrogen (secondary N) is 1. The van der Waals surface area contributed by atoms with E-state index >= 15 is 0 Å². The van der Waals surface area contributed by atoms with E-state index < -0.39 is 30.4 Å². The molecule has 0 radical (unpaired) electrons. The van der Waals surface area contributed by atoms with Gasteiger partial charge in [-0.1, -0.05) is 6.07 Å². The maximum Gasteiger partial charge on any atom is 0.342 e. The second-order valence-corrected chi connectivity index (χ2v) is 5.89. The van der Waals surface area contributed by atoms with Crippen LogP contribution in [0.15, 0.2) is 36.4 Å². The molecule has 9 heteroatoms. The van der Waals surface area contributed by atoms with E-state index in [1.807, 2.05) is 0 Å². The van der Waals surface area contributed by atoms with Crippen molar-refractivity contribution in [3.63, 3.8) is 0 Å². The molecule has 0 saturated heterocycles. The Morgan fingerprint density at radius 1 is 0.897 bits per heavy atom. The van der Waals surface area contributed by atoms with Crippen molar-refractivity contribution in [2.75, 3.05) is 26.1 Å². The van der Waals surface area contributed by atoms with E-state index in [1.165, 1.54) is 37.4 Å². The quantitative estimate of drug-likeness (QED) is 0.556. The summed E-state index contributed by atoms with van der Waals surface area (Å²) in [6.07, 6.45) is 0. The van der Waals surface area contributed by atoms with Crippen LogP contribution in [-0.4, -0.2) is 49.7 Å². The van der Waals surface area contributed by atoms with E-state index in [4.69, 9.17) is 4.74 Å². The van der Waals surface area contributed by atoms with Gasteiger partial charge in [0.2, 0.25) is 0 Å². The number of anilines is 1. The van der Waals surface area contributed by atoms with Gasteiger partial charge in [-0.05, 0) is 42.8 Å². The highest BCUT2D eigenvalue weighted by Crippen LogP contribution is 2.21. The average Bonchev–Trinajstić information content (AvgIpc) is 2.70. The number of aryl methyl sites for hydroxylation is 1. The van der Waals surface area contributed by atoms with Crippen LogP contribution in [0.4, 0.5) is 5.69 Å². The number of methoxy groups -OCH3 is 2. The van der Waals surface area contributed by atoms with Gasteiger partial charge in [0, 0.05) is 0 Å². The maximum atomic E-state index is 12.2. The molecule has 0 spiro atoms. The first-order valence-corrected chi connectivity index (χ1v) is 8.34. The minimum atomic E-state index is -0.894. The summed E-state index contributed by atoms with van der Waals surface area (Å²) in [5, 5.41) is 12.2. The molecule has 9 nitrogen and oxygen atoms in total. The molecule has 0 aliphatic heterocycles. The Bertz CT molecular complexity index is 967. The molecule has 0 fully saturated rings. The number of carbonyl (C=O) groups excluding carboxylic acids is 4. The first-order chi connectivity index (χ1) is 13.8. The van der Waals surface area contributed by atoms with Gasteiger partial charge in [0.15, 0.2) is 6.61 Å². The van der Waals surface area contributed by atoms with Crippen LogP contribution in [0.25, 0.3) is 0 Å². The number of hydrogen-bond donors (Lipinski definition) is 2. The Morgan fingerprint density at radius 3 is 2.17 bits per heavy atom. The van der Waals surface area contributed by atoms with E-state index in [-0.39, 0.29) is 28.1 Å². The van der Waals surface area contributed by atoms with Crippen LogP contribution in [-0.2, 0) is 19.0 Å². The van der Waals surface area contributed by atoms with E-state index in [9.17, 15) is 24.3 Å². The van der Waals surface area contributed by atoms with Gasteiger partial charge in [-0.2, -0.15) is 0 Å². The number of esters is 3. The van der Waals surface area contributed by atoms with Crippen LogP contribution < -0.4 is 5.32 Å². The average molecular weight is 401 g/mol. The van der Waals surface area contributed by atoms with Gasteiger partial charge < -0.3 is 24.6 Å². The molecule has 29 heavy (non-hydrogen) atoms. The number of phenols is 1. The summed E-state index contributed by atoms with van der Waals surface area (Å²) in [6.45, 7) is 1.05. The number of rotatable bonds is 6. The lowest BCUT2D eigenvalue weighted by atomic mass is 10.1. The predicted octanol–water partition coefficient (Wildman–Crippen LogP) is 2.07. The first kappa shape index (κ1) is 21.4. The van der Waals surface area contributed by atoms with Gasteiger partial charge >= 0.3 is 17.9 Å². The smallest absolute Gasteiger partial charge is 0.342 e. The van der Waals surface area contributed by atoms with Crippen LogP contribution in [0, 0.1) is 6.92 Å². The van der Waals surface area contributed by atoms with Crippen molar-refractivity contribution in [3.05, 3.63) is 58.7 Å². The fraction of sp³-hybridized carbons (Fsp3) is 0.200. The zero-order chi connectivity index (χ0) is 21.6. The Balaban J connectivity index is 2.13. The number of phenolic OH excluding ortho intramolecular Hbond substituents is 1. The van der Waals surface area contributed by atoms with Crippen LogP contribution in [0.5, 0.6) is 5.75 Å². The number of ether oxygens (including phenoxy) is 3. The molecular formula is C20H19NO8. The van der Waals surface area contributed by atoms with E-state index in [2.05, 4.69) is 14.8 Å². The van der Waals surface area contributed by atoms with Crippen molar-refractivity contribution in [1.82, 2.24) is 0 Å². The molecule has 0 aliphatic rings. The molecule has 0 bridgehead atoms. The van der Waals surface area contributed by atoms with E-state index in [0.717, 1.165) is 12.7 Å². The standard InChI is InChI=1S/C20H19NO8/c1-11-4-6-14(16(22)8-11)20(26)29-10-17(23)21-15-9-12(18(24)27-2)5-7-13(15)19(25)28-3/h4-9,22H,10H2,1-3H3,(H,21,23). The van der Waals surface area contributed by atoms with E-state index in [0.29, 0.717) is 0 Å². The molecule has 152 valence electrons. The summed E-state index contributed by atoms with van der Waals surface area (Å²) < 4.78 is 14.1. The molecule has 0 aliphatic carbocycles. The monoisotopic (exact) mass is 401 g/mol. The summed E-state index contributed by atoms with van der Waals surface area (Å²) in [5.41, 5.74) is 0.732. The molecule has 2 rings (SSSR count). The molecule has 0 unspecified atom stereocenters. The molecule has 0 saturated carbocycles. The molecule has 2 N–H and O–H groups in total.